The number of para-hydroxylation sites is 1. The first-order valence-corrected chi connectivity index (χ1v) is 7.75. The third-order valence-corrected chi connectivity index (χ3v) is 3.43. The summed E-state index contributed by atoms with van der Waals surface area (Å²) in [5.41, 5.74) is 0.372. The predicted octanol–water partition coefficient (Wildman–Crippen LogP) is 3.91. The van der Waals surface area contributed by atoms with Crippen LogP contribution in [0.15, 0.2) is 70.1 Å². The number of rotatable bonds is 5. The predicted molar refractivity (Wildman–Crippen MR) is 90.7 cm³/mol. The number of benzene rings is 1. The first-order chi connectivity index (χ1) is 13.2. The molecule has 0 aliphatic carbocycles. The second-order valence-electron chi connectivity index (χ2n) is 5.29. The molecule has 1 amide bonds. The number of hydrogen-bond donors (Lipinski definition) is 1. The Morgan fingerprint density at radius 3 is 2.63 bits per heavy atom. The van der Waals surface area contributed by atoms with Crippen molar-refractivity contribution in [3.8, 4) is 23.3 Å². The van der Waals surface area contributed by atoms with Crippen LogP contribution in [0.2, 0.25) is 0 Å². The number of nitrogens with one attached hydrogen (secondary N) is 1. The molecule has 134 valence electrons. The van der Waals surface area contributed by atoms with Gasteiger partial charge in [0.2, 0.25) is 5.76 Å². The van der Waals surface area contributed by atoms with Gasteiger partial charge in [-0.2, -0.15) is 0 Å². The molecule has 8 nitrogen and oxygen atoms in total. The molecule has 0 aliphatic heterocycles. The Morgan fingerprint density at radius 2 is 1.89 bits per heavy atom. The van der Waals surface area contributed by atoms with E-state index < -0.39 is 11.7 Å². The lowest BCUT2D eigenvalue weighted by Crippen LogP contribution is -2.12. The van der Waals surface area contributed by atoms with Crippen LogP contribution in [0, 0.1) is 5.82 Å². The van der Waals surface area contributed by atoms with Crippen LogP contribution in [0.5, 0.6) is 11.8 Å². The molecule has 9 heteroatoms. The summed E-state index contributed by atoms with van der Waals surface area (Å²) in [6.07, 6.45) is 4.14. The molecule has 0 saturated carbocycles. The molecular formula is C18H11FN4O4. The Bertz CT molecular complexity index is 1060. The summed E-state index contributed by atoms with van der Waals surface area (Å²) in [6, 6.07) is 10.7. The van der Waals surface area contributed by atoms with Crippen LogP contribution >= 0.6 is 0 Å². The third kappa shape index (κ3) is 3.66. The van der Waals surface area contributed by atoms with Crippen molar-refractivity contribution in [1.82, 2.24) is 15.1 Å². The van der Waals surface area contributed by atoms with Crippen LogP contribution in [0.3, 0.4) is 0 Å². The number of halogens is 1. The minimum Gasteiger partial charge on any atom is -0.461 e. The lowest BCUT2D eigenvalue weighted by atomic mass is 10.3. The van der Waals surface area contributed by atoms with Gasteiger partial charge >= 0.3 is 6.01 Å². The number of aromatic nitrogens is 3. The Labute approximate surface area is 151 Å². The summed E-state index contributed by atoms with van der Waals surface area (Å²) >= 11 is 0. The van der Waals surface area contributed by atoms with Crippen molar-refractivity contribution >= 4 is 11.6 Å². The van der Waals surface area contributed by atoms with Crippen molar-refractivity contribution in [2.75, 3.05) is 5.32 Å². The van der Waals surface area contributed by atoms with E-state index >= 15 is 0 Å². The second-order valence-corrected chi connectivity index (χ2v) is 5.29. The molecule has 4 aromatic rings. The molecule has 1 N–H and O–H groups in total. The average Bonchev–Trinajstić information content (AvgIpc) is 3.36. The minimum atomic E-state index is -0.531. The summed E-state index contributed by atoms with van der Waals surface area (Å²) in [7, 11) is 0. The van der Waals surface area contributed by atoms with E-state index in [0.29, 0.717) is 17.2 Å². The molecular weight excluding hydrogens is 355 g/mol. The molecule has 0 spiro atoms. The number of anilines is 1. The van der Waals surface area contributed by atoms with Gasteiger partial charge in [0.1, 0.15) is 0 Å². The van der Waals surface area contributed by atoms with E-state index in [1.54, 1.807) is 24.3 Å². The topological polar surface area (TPSA) is 103 Å². The van der Waals surface area contributed by atoms with Gasteiger partial charge in [0.25, 0.3) is 5.91 Å². The van der Waals surface area contributed by atoms with Crippen molar-refractivity contribution in [2.24, 2.45) is 0 Å². The number of furan rings is 1. The lowest BCUT2D eigenvalue weighted by Gasteiger charge is -2.05. The summed E-state index contributed by atoms with van der Waals surface area (Å²) in [5.74, 6) is -0.253. The third-order valence-electron chi connectivity index (χ3n) is 3.43. The molecule has 0 unspecified atom stereocenters. The molecule has 0 atom stereocenters. The highest BCUT2D eigenvalue weighted by molar-refractivity contribution is 6.03. The Balaban J connectivity index is 1.42. The quantitative estimate of drug-likeness (QED) is 0.571. The number of ether oxygens (including phenoxy) is 1. The molecule has 27 heavy (non-hydrogen) atoms. The standard InChI is InChI=1S/C18H11FN4O4/c19-12-4-1-2-5-14(12)26-18-20-9-11(10-21-18)22-17(24)13-8-16(27-23-13)15-6-3-7-25-15/h1-10H,(H,22,24). The van der Waals surface area contributed by atoms with Crippen LogP contribution in [0.1, 0.15) is 10.5 Å². The minimum absolute atomic E-state index is 0.00217. The molecule has 0 saturated heterocycles. The van der Waals surface area contributed by atoms with E-state index in [1.165, 1.54) is 36.9 Å². The van der Waals surface area contributed by atoms with Crippen molar-refractivity contribution in [3.63, 3.8) is 0 Å². The monoisotopic (exact) mass is 366 g/mol. The number of carbonyl (C=O) groups excluding carboxylic acids is 1. The van der Waals surface area contributed by atoms with Gasteiger partial charge in [0.15, 0.2) is 23.0 Å². The van der Waals surface area contributed by atoms with Crippen LogP contribution in [-0.2, 0) is 0 Å². The number of amides is 1. The van der Waals surface area contributed by atoms with Crippen molar-refractivity contribution < 1.29 is 22.9 Å². The molecule has 3 heterocycles. The van der Waals surface area contributed by atoms with Crippen molar-refractivity contribution in [1.29, 1.82) is 0 Å². The summed E-state index contributed by atoms with van der Waals surface area (Å²) in [4.78, 5) is 20.1. The largest absolute Gasteiger partial charge is 0.461 e. The first-order valence-electron chi connectivity index (χ1n) is 7.75. The molecule has 0 radical (unpaired) electrons. The van der Waals surface area contributed by atoms with E-state index in [0.717, 1.165) is 0 Å². The van der Waals surface area contributed by atoms with Crippen molar-refractivity contribution in [3.05, 3.63) is 72.6 Å². The molecule has 0 bridgehead atoms. The smallest absolute Gasteiger partial charge is 0.322 e. The highest BCUT2D eigenvalue weighted by Crippen LogP contribution is 2.22. The van der Waals surface area contributed by atoms with Gasteiger partial charge in [-0.1, -0.05) is 17.3 Å². The molecule has 1 aromatic carbocycles. The Morgan fingerprint density at radius 1 is 1.07 bits per heavy atom. The van der Waals surface area contributed by atoms with Gasteiger partial charge in [-0.15, -0.1) is 0 Å². The number of hydrogen-bond acceptors (Lipinski definition) is 7. The Hall–Kier alpha value is -4.01. The summed E-state index contributed by atoms with van der Waals surface area (Å²) in [6.45, 7) is 0. The van der Waals surface area contributed by atoms with Gasteiger partial charge < -0.3 is 19.0 Å². The van der Waals surface area contributed by atoms with Crippen LogP contribution in [0.4, 0.5) is 10.1 Å². The zero-order valence-corrected chi connectivity index (χ0v) is 13.6. The van der Waals surface area contributed by atoms with Gasteiger partial charge in [0.05, 0.1) is 24.3 Å². The molecule has 3 aromatic heterocycles. The van der Waals surface area contributed by atoms with E-state index in [2.05, 4.69) is 20.4 Å². The van der Waals surface area contributed by atoms with E-state index in [4.69, 9.17) is 13.7 Å². The summed E-state index contributed by atoms with van der Waals surface area (Å²) < 4.78 is 29.1. The average molecular weight is 366 g/mol. The lowest BCUT2D eigenvalue weighted by molar-refractivity contribution is 0.101. The highest BCUT2D eigenvalue weighted by atomic mass is 19.1. The maximum Gasteiger partial charge on any atom is 0.322 e. The van der Waals surface area contributed by atoms with E-state index in [9.17, 15) is 9.18 Å². The fourth-order valence-corrected chi connectivity index (χ4v) is 2.17. The fraction of sp³-hybridized carbons (Fsp3) is 0. The first kappa shape index (κ1) is 16.5. The maximum atomic E-state index is 13.6. The van der Waals surface area contributed by atoms with E-state index in [-0.39, 0.29) is 17.5 Å². The van der Waals surface area contributed by atoms with Gasteiger partial charge in [-0.05, 0) is 24.3 Å². The van der Waals surface area contributed by atoms with Crippen molar-refractivity contribution in [2.45, 2.75) is 0 Å². The molecule has 0 fully saturated rings. The highest BCUT2D eigenvalue weighted by Gasteiger charge is 2.16. The van der Waals surface area contributed by atoms with E-state index in [1.807, 2.05) is 0 Å². The van der Waals surface area contributed by atoms with Gasteiger partial charge in [-0.25, -0.2) is 14.4 Å². The second kappa shape index (κ2) is 7.08. The number of nitrogens with zero attached hydrogens (tertiary/aromatic N) is 3. The fourth-order valence-electron chi connectivity index (χ4n) is 2.17. The Kier molecular flexibility index (Phi) is 4.32. The zero-order valence-electron chi connectivity index (χ0n) is 13.6. The summed E-state index contributed by atoms with van der Waals surface area (Å²) in [5, 5.41) is 6.27. The molecule has 4 rings (SSSR count). The zero-order chi connectivity index (χ0) is 18.6. The van der Waals surface area contributed by atoms with Gasteiger partial charge in [-0.3, -0.25) is 4.79 Å². The SMILES string of the molecule is O=C(Nc1cnc(Oc2ccccc2F)nc1)c1cc(-c2ccco2)on1. The molecule has 0 aliphatic rings. The van der Waals surface area contributed by atoms with Crippen LogP contribution in [0.25, 0.3) is 11.5 Å². The van der Waals surface area contributed by atoms with Gasteiger partial charge in [0, 0.05) is 6.07 Å². The van der Waals surface area contributed by atoms with Crippen LogP contribution < -0.4 is 10.1 Å². The van der Waals surface area contributed by atoms with Crippen LogP contribution in [-0.4, -0.2) is 21.0 Å². The normalized spacial score (nSPS) is 10.6. The maximum absolute atomic E-state index is 13.6. The number of carbonyl (C=O) groups is 1.